The molecule has 2 aromatic rings. The highest BCUT2D eigenvalue weighted by Crippen LogP contribution is 2.25. The van der Waals surface area contributed by atoms with Gasteiger partial charge in [0.2, 0.25) is 5.91 Å². The minimum Gasteiger partial charge on any atom is -0.497 e. The Bertz CT molecular complexity index is 693. The summed E-state index contributed by atoms with van der Waals surface area (Å²) in [5.74, 6) is 0.708. The van der Waals surface area contributed by atoms with Gasteiger partial charge in [-0.25, -0.2) is 9.55 Å². The number of carbonyl (C=O) groups is 1. The van der Waals surface area contributed by atoms with Crippen LogP contribution in [0, 0.1) is 0 Å². The summed E-state index contributed by atoms with van der Waals surface area (Å²) in [6.45, 7) is 0. The Kier molecular flexibility index (Phi) is 2.19. The monoisotopic (exact) mass is 248 g/mol. The van der Waals surface area contributed by atoms with Gasteiger partial charge in [-0.15, -0.1) is 0 Å². The number of benzene rings is 1. The molecule has 3 rings (SSSR count). The molecule has 0 amide bonds. The minimum absolute atomic E-state index is 0.208. The Balaban J connectivity index is 2.39. The second-order valence-corrected chi connectivity index (χ2v) is 4.54. The Morgan fingerprint density at radius 2 is 2.24 bits per heavy atom. The van der Waals surface area contributed by atoms with Crippen LogP contribution >= 0.6 is 11.8 Å². The molecule has 0 unspecified atom stereocenters. The van der Waals surface area contributed by atoms with E-state index in [0.717, 1.165) is 4.57 Å². The summed E-state index contributed by atoms with van der Waals surface area (Å²) in [5, 5.41) is 0.895. The molecule has 0 saturated carbocycles. The van der Waals surface area contributed by atoms with Crippen molar-refractivity contribution >= 4 is 28.6 Å². The lowest BCUT2D eigenvalue weighted by Crippen LogP contribution is -2.25. The first kappa shape index (κ1) is 10.3. The maximum atomic E-state index is 12.1. The van der Waals surface area contributed by atoms with Crippen LogP contribution in [0.4, 0.5) is 0 Å². The van der Waals surface area contributed by atoms with E-state index in [0.29, 0.717) is 21.8 Å². The fourth-order valence-corrected chi connectivity index (χ4v) is 2.64. The van der Waals surface area contributed by atoms with Gasteiger partial charge in [0.05, 0.1) is 23.8 Å². The summed E-state index contributed by atoms with van der Waals surface area (Å²) in [6.07, 6.45) is 0. The van der Waals surface area contributed by atoms with Crippen molar-refractivity contribution < 1.29 is 9.53 Å². The van der Waals surface area contributed by atoms with Crippen molar-refractivity contribution in [3.63, 3.8) is 0 Å². The van der Waals surface area contributed by atoms with E-state index in [1.807, 2.05) is 0 Å². The van der Waals surface area contributed by atoms with E-state index in [1.165, 1.54) is 11.8 Å². The zero-order valence-corrected chi connectivity index (χ0v) is 9.78. The topological polar surface area (TPSA) is 61.2 Å². The van der Waals surface area contributed by atoms with Gasteiger partial charge in [-0.3, -0.25) is 9.59 Å². The number of rotatable bonds is 1. The van der Waals surface area contributed by atoms with Crippen molar-refractivity contribution in [1.82, 2.24) is 9.55 Å². The Morgan fingerprint density at radius 3 is 3.00 bits per heavy atom. The van der Waals surface area contributed by atoms with Gasteiger partial charge in [0, 0.05) is 6.07 Å². The van der Waals surface area contributed by atoms with Crippen LogP contribution < -0.4 is 10.3 Å². The first-order valence-electron chi connectivity index (χ1n) is 4.97. The smallest absolute Gasteiger partial charge is 0.268 e. The Morgan fingerprint density at radius 1 is 1.41 bits per heavy atom. The molecule has 1 aliphatic rings. The summed E-state index contributed by atoms with van der Waals surface area (Å²) in [5.41, 5.74) is 0.255. The van der Waals surface area contributed by atoms with Gasteiger partial charge in [0.25, 0.3) is 5.56 Å². The van der Waals surface area contributed by atoms with Crippen molar-refractivity contribution in [2.75, 3.05) is 12.9 Å². The SMILES string of the molecule is COc1ccc2c(=O)n3c(nc2c1)SCC3=O. The lowest BCUT2D eigenvalue weighted by molar-refractivity contribution is 0.0934. The average molecular weight is 248 g/mol. The van der Waals surface area contributed by atoms with Crippen molar-refractivity contribution in [3.8, 4) is 5.75 Å². The molecule has 6 heteroatoms. The number of aromatic nitrogens is 2. The van der Waals surface area contributed by atoms with Crippen LogP contribution in [0.1, 0.15) is 4.79 Å². The van der Waals surface area contributed by atoms with E-state index < -0.39 is 0 Å². The highest BCUT2D eigenvalue weighted by molar-refractivity contribution is 8.00. The predicted molar refractivity (Wildman–Crippen MR) is 63.9 cm³/mol. The molecular weight excluding hydrogens is 240 g/mol. The van der Waals surface area contributed by atoms with Gasteiger partial charge < -0.3 is 4.74 Å². The van der Waals surface area contributed by atoms with Crippen molar-refractivity contribution in [3.05, 3.63) is 28.6 Å². The van der Waals surface area contributed by atoms with Gasteiger partial charge in [0.15, 0.2) is 5.16 Å². The summed E-state index contributed by atoms with van der Waals surface area (Å²) in [7, 11) is 1.56. The van der Waals surface area contributed by atoms with Gasteiger partial charge >= 0.3 is 0 Å². The average Bonchev–Trinajstić information content (AvgIpc) is 2.70. The molecular formula is C11H8N2O3S. The number of thioether (sulfide) groups is 1. The fourth-order valence-electron chi connectivity index (χ4n) is 1.78. The number of ether oxygens (including phenoxy) is 1. The summed E-state index contributed by atoms with van der Waals surface area (Å²) in [6, 6.07) is 5.01. The first-order valence-corrected chi connectivity index (χ1v) is 5.96. The summed E-state index contributed by atoms with van der Waals surface area (Å²) in [4.78, 5) is 27.9. The molecule has 0 aliphatic carbocycles. The molecule has 1 aliphatic heterocycles. The molecule has 0 saturated heterocycles. The third kappa shape index (κ3) is 1.44. The van der Waals surface area contributed by atoms with Gasteiger partial charge in [-0.2, -0.15) is 0 Å². The van der Waals surface area contributed by atoms with E-state index >= 15 is 0 Å². The van der Waals surface area contributed by atoms with Crippen molar-refractivity contribution in [2.45, 2.75) is 5.16 Å². The molecule has 5 nitrogen and oxygen atoms in total. The highest BCUT2D eigenvalue weighted by Gasteiger charge is 2.24. The van der Waals surface area contributed by atoms with Crippen molar-refractivity contribution in [1.29, 1.82) is 0 Å². The normalized spacial score (nSPS) is 14.1. The number of hydrogen-bond donors (Lipinski definition) is 0. The number of carbonyl (C=O) groups excluding carboxylic acids is 1. The van der Waals surface area contributed by atoms with E-state index in [4.69, 9.17) is 4.74 Å². The largest absolute Gasteiger partial charge is 0.497 e. The lowest BCUT2D eigenvalue weighted by Gasteiger charge is -2.04. The van der Waals surface area contributed by atoms with Crippen LogP contribution in [0.25, 0.3) is 10.9 Å². The van der Waals surface area contributed by atoms with Crippen LogP contribution in [-0.4, -0.2) is 28.3 Å². The standard InChI is InChI=1S/C11H8N2O3S/c1-16-6-2-3-7-8(4-6)12-11-13(10(7)15)9(14)5-17-11/h2-4H,5H2,1H3. The molecule has 0 fully saturated rings. The van der Waals surface area contributed by atoms with Crippen LogP contribution in [0.5, 0.6) is 5.75 Å². The predicted octanol–water partition coefficient (Wildman–Crippen LogP) is 1.15. The molecule has 0 N–H and O–H groups in total. The van der Waals surface area contributed by atoms with Gasteiger partial charge in [0.1, 0.15) is 5.75 Å². The molecule has 17 heavy (non-hydrogen) atoms. The fraction of sp³-hybridized carbons (Fsp3) is 0.182. The van der Waals surface area contributed by atoms with E-state index in [9.17, 15) is 9.59 Å². The molecule has 0 spiro atoms. The van der Waals surface area contributed by atoms with Crippen LogP contribution in [0.2, 0.25) is 0 Å². The molecule has 2 heterocycles. The number of fused-ring (bicyclic) bond motifs is 2. The molecule has 0 bridgehead atoms. The van der Waals surface area contributed by atoms with Gasteiger partial charge in [-0.05, 0) is 12.1 Å². The zero-order valence-electron chi connectivity index (χ0n) is 8.97. The number of methoxy groups -OCH3 is 1. The van der Waals surface area contributed by atoms with Crippen LogP contribution in [0.15, 0.2) is 28.2 Å². The van der Waals surface area contributed by atoms with E-state index in [1.54, 1.807) is 25.3 Å². The summed E-state index contributed by atoms with van der Waals surface area (Å²) >= 11 is 1.28. The Hall–Kier alpha value is -1.82. The molecule has 1 aromatic heterocycles. The third-order valence-electron chi connectivity index (χ3n) is 2.62. The number of nitrogens with zero attached hydrogens (tertiary/aromatic N) is 2. The second-order valence-electron chi connectivity index (χ2n) is 3.60. The molecule has 86 valence electrons. The van der Waals surface area contributed by atoms with Gasteiger partial charge in [-0.1, -0.05) is 11.8 Å². The maximum absolute atomic E-state index is 12.1. The molecule has 0 atom stereocenters. The summed E-state index contributed by atoms with van der Waals surface area (Å²) < 4.78 is 6.22. The maximum Gasteiger partial charge on any atom is 0.268 e. The molecule has 1 aromatic carbocycles. The zero-order chi connectivity index (χ0) is 12.0. The quantitative estimate of drug-likeness (QED) is 0.708. The number of hydrogen-bond acceptors (Lipinski definition) is 5. The van der Waals surface area contributed by atoms with Crippen LogP contribution in [0.3, 0.4) is 0 Å². The highest BCUT2D eigenvalue weighted by atomic mass is 32.2. The lowest BCUT2D eigenvalue weighted by atomic mass is 10.2. The minimum atomic E-state index is -0.303. The van der Waals surface area contributed by atoms with E-state index in [2.05, 4.69) is 4.98 Å². The first-order chi connectivity index (χ1) is 8.20. The molecule has 0 radical (unpaired) electrons. The third-order valence-corrected chi connectivity index (χ3v) is 3.54. The van der Waals surface area contributed by atoms with Crippen LogP contribution in [-0.2, 0) is 0 Å². The Labute approximate surface area is 100 Å². The van der Waals surface area contributed by atoms with E-state index in [-0.39, 0.29) is 17.2 Å². The second kappa shape index (κ2) is 3.59. The van der Waals surface area contributed by atoms with Crippen molar-refractivity contribution in [2.24, 2.45) is 0 Å².